The van der Waals surface area contributed by atoms with Gasteiger partial charge in [-0.15, -0.1) is 0 Å². The SMILES string of the molecule is N#C[C@]12[C@H]3[C@@H]4[C@]56CCc7ccc(cc7)CCC(=C[C@@H]35)[C@H]1[C@@H]6[C@@]42C#N. The predicted molar refractivity (Wildman–Crippen MR) is 87.1 cm³/mol. The topological polar surface area (TPSA) is 47.6 Å². The molecule has 0 unspecified atom stereocenters. The number of benzene rings is 1. The molecule has 2 nitrogen and oxygen atoms in total. The molecule has 6 bridgehead atoms. The third-order valence-electron chi connectivity index (χ3n) is 9.28. The highest BCUT2D eigenvalue weighted by Gasteiger charge is 3.07. The van der Waals surface area contributed by atoms with E-state index in [0.717, 1.165) is 19.3 Å². The molecule has 0 aromatic heterocycles. The quantitative estimate of drug-likeness (QED) is 0.687. The van der Waals surface area contributed by atoms with Crippen molar-refractivity contribution in [2.24, 2.45) is 45.8 Å². The summed E-state index contributed by atoms with van der Waals surface area (Å²) in [5.41, 5.74) is 4.16. The molecule has 0 N–H and O–H groups in total. The lowest BCUT2D eigenvalue weighted by Gasteiger charge is -3.02. The second-order valence-corrected chi connectivity index (χ2v) is 9.12. The van der Waals surface area contributed by atoms with Gasteiger partial charge in [-0.2, -0.15) is 10.5 Å². The van der Waals surface area contributed by atoms with Gasteiger partial charge in [0, 0.05) is 5.92 Å². The van der Waals surface area contributed by atoms with Gasteiger partial charge in [0.15, 0.2) is 0 Å². The fraction of sp³-hybridized carbons (Fsp3) is 0.545. The first-order chi connectivity index (χ1) is 11.8. The van der Waals surface area contributed by atoms with Gasteiger partial charge in [-0.1, -0.05) is 35.9 Å². The van der Waals surface area contributed by atoms with E-state index in [-0.39, 0.29) is 10.8 Å². The van der Waals surface area contributed by atoms with Crippen molar-refractivity contribution in [1.82, 2.24) is 0 Å². The van der Waals surface area contributed by atoms with Crippen LogP contribution in [0, 0.1) is 68.5 Å². The van der Waals surface area contributed by atoms with E-state index in [2.05, 4.69) is 42.5 Å². The molecule has 1 aromatic carbocycles. The first-order valence-electron chi connectivity index (χ1n) is 9.36. The molecule has 0 heterocycles. The number of hydrogen-bond donors (Lipinski definition) is 0. The van der Waals surface area contributed by atoms with E-state index in [0.29, 0.717) is 35.0 Å². The summed E-state index contributed by atoms with van der Waals surface area (Å²) in [6.45, 7) is 0. The van der Waals surface area contributed by atoms with Gasteiger partial charge >= 0.3 is 0 Å². The Morgan fingerprint density at radius 2 is 1.58 bits per heavy atom. The summed E-state index contributed by atoms with van der Waals surface area (Å²) in [6, 6.07) is 14.6. The molecular formula is C22H18N2. The van der Waals surface area contributed by atoms with E-state index >= 15 is 0 Å². The number of nitriles is 2. The van der Waals surface area contributed by atoms with E-state index in [1.165, 1.54) is 23.1 Å². The molecule has 1 spiro atoms. The molecule has 8 atom stereocenters. The lowest BCUT2D eigenvalue weighted by molar-refractivity contribution is -0.547. The van der Waals surface area contributed by atoms with Crippen molar-refractivity contribution in [2.75, 3.05) is 0 Å². The Morgan fingerprint density at radius 1 is 0.875 bits per heavy atom. The molecule has 10 aliphatic carbocycles. The van der Waals surface area contributed by atoms with Crippen molar-refractivity contribution in [1.29, 1.82) is 10.5 Å². The summed E-state index contributed by atoms with van der Waals surface area (Å²) < 4.78 is 0. The van der Waals surface area contributed by atoms with Crippen molar-refractivity contribution >= 4 is 0 Å². The summed E-state index contributed by atoms with van der Waals surface area (Å²) in [5.74, 6) is 2.52. The van der Waals surface area contributed by atoms with E-state index in [1.54, 1.807) is 0 Å². The standard InChI is InChI=1S/C22H18N2/c23-10-21-16-14-6-5-12-1-3-13(4-2-12)7-8-20-15(9-14)17(21)19(20)22(21,11-24)18(16)20/h1-4,9,15-19H,5-8H2/t15-,16-,17+,18-,19+,20+,21+,22-/m0/s1. The van der Waals surface area contributed by atoms with Gasteiger partial charge in [0.1, 0.15) is 0 Å². The van der Waals surface area contributed by atoms with Gasteiger partial charge in [-0.25, -0.2) is 0 Å². The van der Waals surface area contributed by atoms with Crippen LogP contribution in [0.3, 0.4) is 0 Å². The number of hydrogen-bond acceptors (Lipinski definition) is 2. The molecule has 116 valence electrons. The number of aryl methyl sites for hydroxylation is 2. The van der Waals surface area contributed by atoms with Crippen LogP contribution >= 0.6 is 0 Å². The smallest absolute Gasteiger partial charge is 0.0871 e. The largest absolute Gasteiger partial charge is 0.198 e. The van der Waals surface area contributed by atoms with Crippen molar-refractivity contribution in [3.8, 4) is 12.1 Å². The zero-order chi connectivity index (χ0) is 15.9. The minimum absolute atomic E-state index is 0.264. The molecular weight excluding hydrogens is 292 g/mol. The first-order valence-corrected chi connectivity index (χ1v) is 9.36. The Bertz CT molecular complexity index is 944. The summed E-state index contributed by atoms with van der Waals surface area (Å²) in [7, 11) is 0. The minimum atomic E-state index is -0.305. The van der Waals surface area contributed by atoms with Crippen LogP contribution in [0.25, 0.3) is 0 Å². The molecule has 0 amide bonds. The van der Waals surface area contributed by atoms with Gasteiger partial charge < -0.3 is 0 Å². The summed E-state index contributed by atoms with van der Waals surface area (Å²) in [6.07, 6.45) is 7.08. The van der Waals surface area contributed by atoms with Gasteiger partial charge in [-0.3, -0.25) is 0 Å². The van der Waals surface area contributed by atoms with Crippen molar-refractivity contribution in [3.63, 3.8) is 0 Å². The normalized spacial score (nSPS) is 55.9. The Labute approximate surface area is 141 Å². The van der Waals surface area contributed by atoms with E-state index < -0.39 is 0 Å². The molecule has 2 heteroatoms. The molecule has 1 aromatic rings. The number of nitrogens with zero attached hydrogens (tertiary/aromatic N) is 2. The molecule has 24 heavy (non-hydrogen) atoms. The maximum atomic E-state index is 10.1. The Balaban J connectivity index is 1.43. The Kier molecular flexibility index (Phi) is 1.65. The minimum Gasteiger partial charge on any atom is -0.198 e. The molecule has 0 saturated heterocycles. The molecule has 0 radical (unpaired) electrons. The number of rotatable bonds is 0. The van der Waals surface area contributed by atoms with Gasteiger partial charge in [0.25, 0.3) is 0 Å². The zero-order valence-corrected chi connectivity index (χ0v) is 13.5. The van der Waals surface area contributed by atoms with Gasteiger partial charge in [0.05, 0.1) is 23.0 Å². The van der Waals surface area contributed by atoms with Crippen LogP contribution in [0.5, 0.6) is 0 Å². The summed E-state index contributed by atoms with van der Waals surface area (Å²) in [4.78, 5) is 0. The lowest BCUT2D eigenvalue weighted by Crippen LogP contribution is -3.03. The van der Waals surface area contributed by atoms with Crippen LogP contribution < -0.4 is 0 Å². The van der Waals surface area contributed by atoms with E-state index in [9.17, 15) is 10.5 Å². The highest BCUT2D eigenvalue weighted by Crippen LogP contribution is 3.06. The highest BCUT2D eigenvalue weighted by atomic mass is 15.1. The number of allylic oxidation sites excluding steroid dienone is 2. The molecule has 10 aliphatic rings. The fourth-order valence-corrected chi connectivity index (χ4v) is 8.84. The Morgan fingerprint density at radius 3 is 2.29 bits per heavy atom. The molecule has 11 rings (SSSR count). The maximum absolute atomic E-state index is 10.1. The second-order valence-electron chi connectivity index (χ2n) is 9.12. The van der Waals surface area contributed by atoms with Crippen molar-refractivity contribution in [3.05, 3.63) is 47.0 Å². The average Bonchev–Trinajstić information content (AvgIpc) is 2.58. The third-order valence-corrected chi connectivity index (χ3v) is 9.28. The van der Waals surface area contributed by atoms with E-state index in [4.69, 9.17) is 0 Å². The van der Waals surface area contributed by atoms with Crippen molar-refractivity contribution < 1.29 is 0 Å². The summed E-state index contributed by atoms with van der Waals surface area (Å²) >= 11 is 0. The van der Waals surface area contributed by atoms with Gasteiger partial charge in [0.2, 0.25) is 0 Å². The lowest BCUT2D eigenvalue weighted by atomic mass is 8.97. The average molecular weight is 310 g/mol. The molecule has 0 aliphatic heterocycles. The highest BCUT2D eigenvalue weighted by molar-refractivity contribution is 5.64. The monoisotopic (exact) mass is 310 g/mol. The first kappa shape index (κ1) is 12.3. The zero-order valence-electron chi connectivity index (χ0n) is 13.5. The van der Waals surface area contributed by atoms with Crippen molar-refractivity contribution in [2.45, 2.75) is 25.7 Å². The maximum Gasteiger partial charge on any atom is 0.0871 e. The molecule has 4 saturated carbocycles. The third kappa shape index (κ3) is 0.777. The summed E-state index contributed by atoms with van der Waals surface area (Å²) in [5, 5.41) is 20.1. The van der Waals surface area contributed by atoms with Crippen LogP contribution in [-0.2, 0) is 12.8 Å². The Hall–Kier alpha value is -2.06. The fourth-order valence-electron chi connectivity index (χ4n) is 8.84. The van der Waals surface area contributed by atoms with Crippen LogP contribution in [-0.4, -0.2) is 0 Å². The molecule has 4 fully saturated rings. The van der Waals surface area contributed by atoms with E-state index in [1.807, 2.05) is 0 Å². The van der Waals surface area contributed by atoms with Crippen LogP contribution in [0.4, 0.5) is 0 Å². The van der Waals surface area contributed by atoms with Crippen LogP contribution in [0.2, 0.25) is 0 Å². The van der Waals surface area contributed by atoms with Crippen LogP contribution in [0.15, 0.2) is 35.9 Å². The predicted octanol–water partition coefficient (Wildman–Crippen LogP) is 3.65. The second kappa shape index (κ2) is 3.21. The van der Waals surface area contributed by atoms with Gasteiger partial charge in [-0.05, 0) is 65.9 Å². The van der Waals surface area contributed by atoms with Crippen LogP contribution in [0.1, 0.15) is 24.0 Å².